The Labute approximate surface area is 81.1 Å². The van der Waals surface area contributed by atoms with Gasteiger partial charge in [0.15, 0.2) is 0 Å². The smallest absolute Gasteiger partial charge is 0.337 e. The van der Waals surface area contributed by atoms with Crippen molar-refractivity contribution in [3.05, 3.63) is 33.0 Å². The van der Waals surface area contributed by atoms with Gasteiger partial charge in [0.05, 0.1) is 10.0 Å². The molecule has 0 bridgehead atoms. The molecule has 0 fully saturated rings. The molecule has 0 unspecified atom stereocenters. The van der Waals surface area contributed by atoms with Crippen LogP contribution in [0.5, 0.6) is 0 Å². The van der Waals surface area contributed by atoms with Crippen molar-refractivity contribution in [1.82, 2.24) is 0 Å². The number of carboxylic acids is 1. The summed E-state index contributed by atoms with van der Waals surface area (Å²) in [6.07, 6.45) is 0. The van der Waals surface area contributed by atoms with Crippen molar-refractivity contribution in [1.29, 1.82) is 0 Å². The fraction of sp³-hybridized carbons (Fsp3) is 0. The molecule has 0 saturated heterocycles. The van der Waals surface area contributed by atoms with Crippen molar-refractivity contribution in [3.63, 3.8) is 0 Å². The number of carbonyl (C=O) groups is 1. The van der Waals surface area contributed by atoms with Gasteiger partial charge in [-0.25, -0.2) is 9.18 Å². The van der Waals surface area contributed by atoms with E-state index in [0.29, 0.717) is 0 Å². The zero-order valence-electron chi connectivity index (χ0n) is 5.64. The molecule has 5 heteroatoms. The molecule has 0 aliphatic heterocycles. The lowest BCUT2D eigenvalue weighted by atomic mass is 10.2. The first-order valence-corrected chi connectivity index (χ1v) is 4.07. The maximum Gasteiger partial charge on any atom is 0.337 e. The topological polar surface area (TPSA) is 37.3 Å². The van der Waals surface area contributed by atoms with Crippen LogP contribution >= 0.6 is 27.5 Å². The summed E-state index contributed by atoms with van der Waals surface area (Å²) >= 11 is 8.24. The molecule has 1 rings (SSSR count). The van der Waals surface area contributed by atoms with Crippen LogP contribution in [0, 0.1) is 5.82 Å². The van der Waals surface area contributed by atoms with E-state index in [4.69, 9.17) is 16.7 Å². The summed E-state index contributed by atoms with van der Waals surface area (Å²) in [5.41, 5.74) is -0.181. The van der Waals surface area contributed by atoms with Crippen LogP contribution in [0.2, 0.25) is 5.02 Å². The maximum absolute atomic E-state index is 12.8. The van der Waals surface area contributed by atoms with Crippen molar-refractivity contribution in [3.8, 4) is 0 Å². The summed E-state index contributed by atoms with van der Waals surface area (Å²) < 4.78 is 12.7. The number of hydrogen-bond acceptors (Lipinski definition) is 1. The molecular formula is C7H3BrClFO2. The van der Waals surface area contributed by atoms with Gasteiger partial charge < -0.3 is 5.11 Å². The summed E-state index contributed by atoms with van der Waals surface area (Å²) in [7, 11) is 0. The second-order valence-electron chi connectivity index (χ2n) is 2.05. The van der Waals surface area contributed by atoms with Crippen LogP contribution in [0.4, 0.5) is 4.39 Å². The molecule has 1 aromatic carbocycles. The molecule has 0 atom stereocenters. The van der Waals surface area contributed by atoms with Gasteiger partial charge >= 0.3 is 5.97 Å². The van der Waals surface area contributed by atoms with Gasteiger partial charge in [-0.15, -0.1) is 0 Å². The average molecular weight is 253 g/mol. The lowest BCUT2D eigenvalue weighted by Crippen LogP contribution is -1.99. The molecule has 64 valence electrons. The van der Waals surface area contributed by atoms with Gasteiger partial charge in [-0.2, -0.15) is 0 Å². The molecule has 0 amide bonds. The fourth-order valence-corrected chi connectivity index (χ4v) is 1.32. The molecule has 0 radical (unpaired) electrons. The first-order chi connectivity index (χ1) is 5.52. The van der Waals surface area contributed by atoms with E-state index in [1.54, 1.807) is 0 Å². The monoisotopic (exact) mass is 252 g/mol. The lowest BCUT2D eigenvalue weighted by Gasteiger charge is -2.00. The Balaban J connectivity index is 3.37. The number of benzene rings is 1. The SMILES string of the molecule is O=C(O)c1cc(Cl)cc(F)c1Br. The number of hydrogen-bond donors (Lipinski definition) is 1. The molecule has 0 saturated carbocycles. The van der Waals surface area contributed by atoms with Crippen LogP contribution in [0.25, 0.3) is 0 Å². The van der Waals surface area contributed by atoms with Crippen LogP contribution < -0.4 is 0 Å². The standard InChI is InChI=1S/C7H3BrClFO2/c8-6-4(7(11)12)1-3(9)2-5(6)10/h1-2H,(H,11,12). The molecule has 0 aliphatic carbocycles. The third kappa shape index (κ3) is 1.76. The van der Waals surface area contributed by atoms with Crippen molar-refractivity contribution < 1.29 is 14.3 Å². The normalized spacial score (nSPS) is 9.92. The highest BCUT2D eigenvalue weighted by molar-refractivity contribution is 9.10. The molecular weight excluding hydrogens is 250 g/mol. The van der Waals surface area contributed by atoms with E-state index in [9.17, 15) is 9.18 Å². The molecule has 0 aliphatic rings. The van der Waals surface area contributed by atoms with Gasteiger partial charge in [-0.1, -0.05) is 11.6 Å². The number of halogens is 3. The number of rotatable bonds is 1. The van der Waals surface area contributed by atoms with Gasteiger partial charge in [0.2, 0.25) is 0 Å². The van der Waals surface area contributed by atoms with Crippen LogP contribution in [0.15, 0.2) is 16.6 Å². The predicted molar refractivity (Wildman–Crippen MR) is 46.1 cm³/mol. The molecule has 2 nitrogen and oxygen atoms in total. The Kier molecular flexibility index (Phi) is 2.69. The summed E-state index contributed by atoms with van der Waals surface area (Å²) in [5, 5.41) is 8.62. The Hall–Kier alpha value is -0.610. The zero-order chi connectivity index (χ0) is 9.30. The Bertz CT molecular complexity index is 340. The molecule has 0 spiro atoms. The van der Waals surface area contributed by atoms with Gasteiger partial charge in [0.25, 0.3) is 0 Å². The minimum Gasteiger partial charge on any atom is -0.478 e. The van der Waals surface area contributed by atoms with E-state index in [-0.39, 0.29) is 15.1 Å². The molecule has 1 aromatic rings. The van der Waals surface area contributed by atoms with E-state index < -0.39 is 11.8 Å². The van der Waals surface area contributed by atoms with Gasteiger partial charge in [0, 0.05) is 5.02 Å². The van der Waals surface area contributed by atoms with Crippen LogP contribution in [0.3, 0.4) is 0 Å². The minimum atomic E-state index is -1.22. The highest BCUT2D eigenvalue weighted by Gasteiger charge is 2.13. The molecule has 0 heterocycles. The number of carboxylic acid groups (broad SMARTS) is 1. The Morgan fingerprint density at radius 1 is 1.58 bits per heavy atom. The van der Waals surface area contributed by atoms with Crippen molar-refractivity contribution in [2.24, 2.45) is 0 Å². The first-order valence-electron chi connectivity index (χ1n) is 2.90. The molecule has 12 heavy (non-hydrogen) atoms. The first kappa shape index (κ1) is 9.48. The molecule has 1 N–H and O–H groups in total. The van der Waals surface area contributed by atoms with Gasteiger partial charge in [-0.05, 0) is 28.1 Å². The molecule has 0 aromatic heterocycles. The highest BCUT2D eigenvalue weighted by Crippen LogP contribution is 2.24. The van der Waals surface area contributed by atoms with E-state index >= 15 is 0 Å². The Morgan fingerprint density at radius 2 is 2.17 bits per heavy atom. The third-order valence-corrected chi connectivity index (χ3v) is 2.25. The Morgan fingerprint density at radius 3 is 2.67 bits per heavy atom. The van der Waals surface area contributed by atoms with Crippen LogP contribution in [0.1, 0.15) is 10.4 Å². The van der Waals surface area contributed by atoms with E-state index in [1.165, 1.54) is 6.07 Å². The minimum absolute atomic E-state index is 0.0631. The third-order valence-electron chi connectivity index (χ3n) is 1.22. The summed E-state index contributed by atoms with van der Waals surface area (Å²) in [5.74, 6) is -1.90. The van der Waals surface area contributed by atoms with E-state index in [2.05, 4.69) is 15.9 Å². The van der Waals surface area contributed by atoms with Gasteiger partial charge in [0.1, 0.15) is 5.82 Å². The quantitative estimate of drug-likeness (QED) is 0.781. The second kappa shape index (κ2) is 3.41. The number of aromatic carboxylic acids is 1. The zero-order valence-corrected chi connectivity index (χ0v) is 7.99. The summed E-state index contributed by atoms with van der Waals surface area (Å²) in [4.78, 5) is 10.5. The maximum atomic E-state index is 12.8. The van der Waals surface area contributed by atoms with E-state index in [0.717, 1.165) is 6.07 Å². The van der Waals surface area contributed by atoms with Crippen molar-refractivity contribution in [2.75, 3.05) is 0 Å². The second-order valence-corrected chi connectivity index (χ2v) is 3.28. The predicted octanol–water partition coefficient (Wildman–Crippen LogP) is 2.94. The largest absolute Gasteiger partial charge is 0.478 e. The average Bonchev–Trinajstić information content (AvgIpc) is 1.96. The van der Waals surface area contributed by atoms with Crippen molar-refractivity contribution >= 4 is 33.5 Å². The van der Waals surface area contributed by atoms with Crippen LogP contribution in [-0.2, 0) is 0 Å². The lowest BCUT2D eigenvalue weighted by molar-refractivity contribution is 0.0695. The van der Waals surface area contributed by atoms with Gasteiger partial charge in [-0.3, -0.25) is 0 Å². The fourth-order valence-electron chi connectivity index (χ4n) is 0.712. The van der Waals surface area contributed by atoms with E-state index in [1.807, 2.05) is 0 Å². The summed E-state index contributed by atoms with van der Waals surface area (Å²) in [6.45, 7) is 0. The van der Waals surface area contributed by atoms with Crippen molar-refractivity contribution in [2.45, 2.75) is 0 Å². The summed E-state index contributed by atoms with van der Waals surface area (Å²) in [6, 6.07) is 2.22. The highest BCUT2D eigenvalue weighted by atomic mass is 79.9. The van der Waals surface area contributed by atoms with Crippen LogP contribution in [-0.4, -0.2) is 11.1 Å².